The molecule has 2 amide bonds. The minimum atomic E-state index is -0.0244. The van der Waals surface area contributed by atoms with Crippen LogP contribution in [0, 0.1) is 11.8 Å². The van der Waals surface area contributed by atoms with Crippen molar-refractivity contribution < 1.29 is 14.3 Å². The van der Waals surface area contributed by atoms with E-state index in [0.717, 1.165) is 32.7 Å². The number of benzene rings is 1. The third-order valence-electron chi connectivity index (χ3n) is 6.06. The number of carbonyl (C=O) groups is 2. The molecule has 2 aliphatic heterocycles. The molecule has 0 aliphatic carbocycles. The van der Waals surface area contributed by atoms with Crippen LogP contribution in [0.2, 0.25) is 5.02 Å². The summed E-state index contributed by atoms with van der Waals surface area (Å²) in [5.74, 6) is 0.686. The van der Waals surface area contributed by atoms with Crippen molar-refractivity contribution in [1.29, 1.82) is 0 Å². The van der Waals surface area contributed by atoms with E-state index in [4.69, 9.17) is 16.3 Å². The highest BCUT2D eigenvalue weighted by Gasteiger charge is 2.29. The maximum Gasteiger partial charge on any atom is 0.253 e. The first-order chi connectivity index (χ1) is 14.4. The highest BCUT2D eigenvalue weighted by Crippen LogP contribution is 2.21. The van der Waals surface area contributed by atoms with E-state index in [0.29, 0.717) is 55.0 Å². The zero-order valence-corrected chi connectivity index (χ0v) is 18.9. The Morgan fingerprint density at radius 2 is 1.73 bits per heavy atom. The lowest BCUT2D eigenvalue weighted by molar-refractivity contribution is -0.126. The molecular weight excluding hydrogens is 402 g/mol. The molecule has 0 bridgehead atoms. The van der Waals surface area contributed by atoms with Crippen LogP contribution in [0.15, 0.2) is 24.3 Å². The summed E-state index contributed by atoms with van der Waals surface area (Å²) in [7, 11) is 0. The summed E-state index contributed by atoms with van der Waals surface area (Å²) in [5.41, 5.74) is 0.643. The maximum atomic E-state index is 12.8. The molecule has 2 heterocycles. The minimum absolute atomic E-state index is 0.00911. The van der Waals surface area contributed by atoms with Crippen LogP contribution in [0.25, 0.3) is 0 Å². The van der Waals surface area contributed by atoms with Crippen LogP contribution in [0.3, 0.4) is 0 Å². The number of halogens is 1. The van der Waals surface area contributed by atoms with Gasteiger partial charge in [0.2, 0.25) is 5.91 Å². The highest BCUT2D eigenvalue weighted by molar-refractivity contribution is 6.30. The average Bonchev–Trinajstić information content (AvgIpc) is 2.77. The van der Waals surface area contributed by atoms with Crippen molar-refractivity contribution in [2.45, 2.75) is 39.2 Å². The van der Waals surface area contributed by atoms with E-state index < -0.39 is 0 Å². The molecule has 166 valence electrons. The van der Waals surface area contributed by atoms with Crippen molar-refractivity contribution >= 4 is 23.4 Å². The van der Waals surface area contributed by atoms with Gasteiger partial charge in [-0.05, 0) is 49.4 Å². The molecule has 2 fully saturated rings. The van der Waals surface area contributed by atoms with Crippen molar-refractivity contribution in [2.24, 2.45) is 11.8 Å². The predicted octanol–water partition coefficient (Wildman–Crippen LogP) is 3.06. The minimum Gasteiger partial charge on any atom is -0.379 e. The van der Waals surface area contributed by atoms with Gasteiger partial charge in [0.05, 0.1) is 13.2 Å². The zero-order chi connectivity index (χ0) is 21.5. The van der Waals surface area contributed by atoms with Gasteiger partial charge in [-0.1, -0.05) is 25.4 Å². The molecule has 1 aromatic carbocycles. The van der Waals surface area contributed by atoms with E-state index in [1.165, 1.54) is 0 Å². The number of rotatable bonds is 7. The topological polar surface area (TPSA) is 61.9 Å². The van der Waals surface area contributed by atoms with Gasteiger partial charge in [0, 0.05) is 55.3 Å². The standard InChI is InChI=1S/C23H34ClN3O3/c1-17(2)15-21(26-11-13-30-14-12-26)16-25-22(28)18-7-9-27(10-8-18)23(29)19-3-5-20(24)6-4-19/h3-6,17-18,21H,7-16H2,1-2H3,(H,25,28). The fourth-order valence-corrected chi connectivity index (χ4v) is 4.46. The van der Waals surface area contributed by atoms with Gasteiger partial charge < -0.3 is 15.0 Å². The Morgan fingerprint density at radius 3 is 2.33 bits per heavy atom. The van der Waals surface area contributed by atoms with Gasteiger partial charge in [-0.2, -0.15) is 0 Å². The molecule has 1 N–H and O–H groups in total. The van der Waals surface area contributed by atoms with Crippen molar-refractivity contribution in [3.8, 4) is 0 Å². The van der Waals surface area contributed by atoms with Crippen molar-refractivity contribution in [2.75, 3.05) is 45.9 Å². The number of carbonyl (C=O) groups excluding carboxylic acids is 2. The first kappa shape index (κ1) is 23.0. The van der Waals surface area contributed by atoms with Crippen LogP contribution < -0.4 is 5.32 Å². The van der Waals surface area contributed by atoms with Crippen LogP contribution in [0.5, 0.6) is 0 Å². The van der Waals surface area contributed by atoms with E-state index in [9.17, 15) is 9.59 Å². The first-order valence-electron chi connectivity index (χ1n) is 11.1. The second-order valence-corrected chi connectivity index (χ2v) is 9.19. The molecule has 0 radical (unpaired) electrons. The van der Waals surface area contributed by atoms with Crippen molar-refractivity contribution in [3.05, 3.63) is 34.9 Å². The summed E-state index contributed by atoms with van der Waals surface area (Å²) in [6, 6.07) is 7.33. The highest BCUT2D eigenvalue weighted by atomic mass is 35.5. The molecule has 1 atom stereocenters. The number of amides is 2. The second-order valence-electron chi connectivity index (χ2n) is 8.75. The molecule has 30 heavy (non-hydrogen) atoms. The number of piperidine rings is 1. The Labute approximate surface area is 184 Å². The van der Waals surface area contributed by atoms with Gasteiger partial charge in [0.25, 0.3) is 5.91 Å². The summed E-state index contributed by atoms with van der Waals surface area (Å²) in [5, 5.41) is 3.82. The predicted molar refractivity (Wildman–Crippen MR) is 119 cm³/mol. The third-order valence-corrected chi connectivity index (χ3v) is 6.31. The van der Waals surface area contributed by atoms with Gasteiger partial charge in [0.1, 0.15) is 0 Å². The molecule has 6 nitrogen and oxygen atoms in total. The number of nitrogens with one attached hydrogen (secondary N) is 1. The van der Waals surface area contributed by atoms with Crippen LogP contribution in [0.4, 0.5) is 0 Å². The zero-order valence-electron chi connectivity index (χ0n) is 18.1. The molecule has 2 aliphatic rings. The Balaban J connectivity index is 1.47. The number of nitrogens with zero attached hydrogens (tertiary/aromatic N) is 2. The normalized spacial score (nSPS) is 19.7. The molecule has 7 heteroatoms. The Kier molecular flexibility index (Phi) is 8.54. The fraction of sp³-hybridized carbons (Fsp3) is 0.652. The molecule has 1 unspecified atom stereocenters. The van der Waals surface area contributed by atoms with E-state index >= 15 is 0 Å². The van der Waals surface area contributed by atoms with Gasteiger partial charge in [-0.3, -0.25) is 14.5 Å². The SMILES string of the molecule is CC(C)CC(CNC(=O)C1CCN(C(=O)c2ccc(Cl)cc2)CC1)N1CCOCC1. The quantitative estimate of drug-likeness (QED) is 0.715. The van der Waals surface area contributed by atoms with E-state index in [2.05, 4.69) is 24.1 Å². The Hall–Kier alpha value is -1.63. The number of hydrogen-bond acceptors (Lipinski definition) is 4. The number of morpholine rings is 1. The average molecular weight is 436 g/mol. The Morgan fingerprint density at radius 1 is 1.10 bits per heavy atom. The van der Waals surface area contributed by atoms with Gasteiger partial charge >= 0.3 is 0 Å². The molecule has 2 saturated heterocycles. The monoisotopic (exact) mass is 435 g/mol. The summed E-state index contributed by atoms with van der Waals surface area (Å²) in [4.78, 5) is 29.7. The largest absolute Gasteiger partial charge is 0.379 e. The molecule has 1 aromatic rings. The van der Waals surface area contributed by atoms with Crippen LogP contribution >= 0.6 is 11.6 Å². The van der Waals surface area contributed by atoms with E-state index in [1.807, 2.05) is 4.90 Å². The van der Waals surface area contributed by atoms with Crippen molar-refractivity contribution in [3.63, 3.8) is 0 Å². The van der Waals surface area contributed by atoms with Crippen LogP contribution in [-0.2, 0) is 9.53 Å². The molecule has 3 rings (SSSR count). The molecular formula is C23H34ClN3O3. The van der Waals surface area contributed by atoms with Crippen LogP contribution in [0.1, 0.15) is 43.5 Å². The Bertz CT molecular complexity index is 696. The summed E-state index contributed by atoms with van der Waals surface area (Å²) in [6.07, 6.45) is 2.48. The van der Waals surface area contributed by atoms with Crippen molar-refractivity contribution in [1.82, 2.24) is 15.1 Å². The lowest BCUT2D eigenvalue weighted by Crippen LogP contribution is -2.50. The van der Waals surface area contributed by atoms with Gasteiger partial charge in [-0.15, -0.1) is 0 Å². The molecule has 0 saturated carbocycles. The molecule has 0 spiro atoms. The van der Waals surface area contributed by atoms with Gasteiger partial charge in [-0.25, -0.2) is 0 Å². The van der Waals surface area contributed by atoms with Crippen LogP contribution in [-0.4, -0.2) is 73.6 Å². The smallest absolute Gasteiger partial charge is 0.253 e. The number of likely N-dealkylation sites (tertiary alicyclic amines) is 1. The number of hydrogen-bond donors (Lipinski definition) is 1. The third kappa shape index (κ3) is 6.43. The van der Waals surface area contributed by atoms with Gasteiger partial charge in [0.15, 0.2) is 0 Å². The lowest BCUT2D eigenvalue weighted by atomic mass is 9.95. The lowest BCUT2D eigenvalue weighted by Gasteiger charge is -2.36. The molecule has 0 aromatic heterocycles. The summed E-state index contributed by atoms with van der Waals surface area (Å²) < 4.78 is 5.47. The maximum absolute atomic E-state index is 12.8. The first-order valence-corrected chi connectivity index (χ1v) is 11.5. The van der Waals surface area contributed by atoms with E-state index in [-0.39, 0.29) is 17.7 Å². The summed E-state index contributed by atoms with van der Waals surface area (Å²) in [6.45, 7) is 9.74. The van der Waals surface area contributed by atoms with E-state index in [1.54, 1.807) is 24.3 Å². The summed E-state index contributed by atoms with van der Waals surface area (Å²) >= 11 is 5.91. The second kappa shape index (κ2) is 11.1. The fourth-order valence-electron chi connectivity index (χ4n) is 4.33. The number of ether oxygens (including phenoxy) is 1.